The highest BCUT2D eigenvalue weighted by Gasteiger charge is 2.48. The number of nitrogens with zero attached hydrogens (tertiary/aromatic N) is 2. The highest BCUT2D eigenvalue weighted by atomic mass is 16.2. The van der Waals surface area contributed by atoms with E-state index in [0.29, 0.717) is 17.2 Å². The van der Waals surface area contributed by atoms with Crippen molar-refractivity contribution in [3.63, 3.8) is 0 Å². The zero-order valence-electron chi connectivity index (χ0n) is 11.8. The molecule has 0 aromatic heterocycles. The summed E-state index contributed by atoms with van der Waals surface area (Å²) in [7, 11) is 0. The number of carbonyl (C=O) groups excluding carboxylic acids is 2. The second-order valence-electron chi connectivity index (χ2n) is 5.59. The summed E-state index contributed by atoms with van der Waals surface area (Å²) in [4.78, 5) is 24.5. The highest BCUT2D eigenvalue weighted by molar-refractivity contribution is 6.21. The van der Waals surface area contributed by atoms with Crippen molar-refractivity contribution >= 4 is 11.8 Å². The Balaban J connectivity index is 1.61. The van der Waals surface area contributed by atoms with Crippen molar-refractivity contribution in [2.75, 3.05) is 6.54 Å². The minimum absolute atomic E-state index is 0.165. The smallest absolute Gasteiger partial charge is 0.267 e. The SMILES string of the molecule is CCCCCCC1CN1N1C(=O)c2ccccc2C1=O. The van der Waals surface area contributed by atoms with Crippen LogP contribution in [0.2, 0.25) is 0 Å². The summed E-state index contributed by atoms with van der Waals surface area (Å²) >= 11 is 0. The fourth-order valence-corrected chi connectivity index (χ4v) is 2.87. The van der Waals surface area contributed by atoms with E-state index in [1.54, 1.807) is 24.3 Å². The van der Waals surface area contributed by atoms with Gasteiger partial charge in [-0.25, -0.2) is 10.0 Å². The number of hydrogen-bond donors (Lipinski definition) is 0. The molecule has 2 aliphatic heterocycles. The maximum Gasteiger partial charge on any atom is 0.276 e. The predicted molar refractivity (Wildman–Crippen MR) is 76.2 cm³/mol. The van der Waals surface area contributed by atoms with Gasteiger partial charge in [0.2, 0.25) is 0 Å². The number of hydrogen-bond acceptors (Lipinski definition) is 3. The molecule has 0 N–H and O–H groups in total. The van der Waals surface area contributed by atoms with E-state index >= 15 is 0 Å². The number of imide groups is 1. The molecule has 4 heteroatoms. The lowest BCUT2D eigenvalue weighted by molar-refractivity contribution is 0.0367. The molecule has 3 rings (SSSR count). The van der Waals surface area contributed by atoms with Crippen molar-refractivity contribution < 1.29 is 9.59 Å². The monoisotopic (exact) mass is 272 g/mol. The average molecular weight is 272 g/mol. The Labute approximate surface area is 119 Å². The minimum atomic E-state index is -0.165. The zero-order chi connectivity index (χ0) is 14.1. The molecule has 1 aromatic rings. The van der Waals surface area contributed by atoms with Crippen LogP contribution >= 0.6 is 0 Å². The van der Waals surface area contributed by atoms with Gasteiger partial charge in [-0.1, -0.05) is 44.7 Å². The maximum atomic E-state index is 12.3. The van der Waals surface area contributed by atoms with E-state index in [-0.39, 0.29) is 11.8 Å². The maximum absolute atomic E-state index is 12.3. The van der Waals surface area contributed by atoms with Gasteiger partial charge in [0, 0.05) is 12.6 Å². The molecule has 2 atom stereocenters. The number of rotatable bonds is 6. The highest BCUT2D eigenvalue weighted by Crippen LogP contribution is 2.32. The Hall–Kier alpha value is -1.68. The largest absolute Gasteiger partial charge is 0.276 e. The lowest BCUT2D eigenvalue weighted by atomic mass is 10.1. The van der Waals surface area contributed by atoms with E-state index in [4.69, 9.17) is 0 Å². The van der Waals surface area contributed by atoms with Gasteiger partial charge in [-0.2, -0.15) is 0 Å². The Bertz CT molecular complexity index is 506. The van der Waals surface area contributed by atoms with Crippen molar-refractivity contribution in [1.29, 1.82) is 0 Å². The number of benzene rings is 1. The standard InChI is InChI=1S/C16H20N2O2/c1-2-3-4-5-8-12-11-17(12)18-15(19)13-9-6-7-10-14(13)16(18)20/h6-7,9-10,12H,2-5,8,11H2,1H3. The molecule has 2 amide bonds. The van der Waals surface area contributed by atoms with Crippen LogP contribution in [0.25, 0.3) is 0 Å². The summed E-state index contributed by atoms with van der Waals surface area (Å²) in [5.74, 6) is -0.330. The van der Waals surface area contributed by atoms with Gasteiger partial charge in [-0.15, -0.1) is 0 Å². The second-order valence-corrected chi connectivity index (χ2v) is 5.59. The molecule has 1 fully saturated rings. The zero-order valence-corrected chi connectivity index (χ0v) is 11.8. The molecule has 1 aromatic carbocycles. The molecule has 4 nitrogen and oxygen atoms in total. The van der Waals surface area contributed by atoms with Gasteiger partial charge in [0.05, 0.1) is 11.1 Å². The predicted octanol–water partition coefficient (Wildman–Crippen LogP) is 2.85. The quantitative estimate of drug-likeness (QED) is 0.454. The molecule has 1 saturated heterocycles. The van der Waals surface area contributed by atoms with Crippen LogP contribution in [0.3, 0.4) is 0 Å². The van der Waals surface area contributed by atoms with Crippen LogP contribution in [-0.2, 0) is 0 Å². The Morgan fingerprint density at radius 2 is 1.70 bits per heavy atom. The lowest BCUT2D eigenvalue weighted by Crippen LogP contribution is -2.36. The molecule has 0 aliphatic carbocycles. The molecule has 2 heterocycles. The van der Waals surface area contributed by atoms with E-state index in [2.05, 4.69) is 6.92 Å². The Morgan fingerprint density at radius 1 is 1.05 bits per heavy atom. The molecular weight excluding hydrogens is 252 g/mol. The number of amides is 2. The van der Waals surface area contributed by atoms with Gasteiger partial charge in [-0.05, 0) is 18.6 Å². The second kappa shape index (κ2) is 5.37. The third-order valence-electron chi connectivity index (χ3n) is 4.11. The van der Waals surface area contributed by atoms with Crippen LogP contribution in [0.4, 0.5) is 0 Å². The molecule has 106 valence electrons. The summed E-state index contributed by atoms with van der Waals surface area (Å²) in [5, 5.41) is 3.26. The summed E-state index contributed by atoms with van der Waals surface area (Å²) < 4.78 is 0. The van der Waals surface area contributed by atoms with E-state index in [9.17, 15) is 9.59 Å². The third-order valence-corrected chi connectivity index (χ3v) is 4.11. The molecule has 2 aliphatic rings. The third kappa shape index (κ3) is 2.24. The van der Waals surface area contributed by atoms with Crippen LogP contribution in [0.15, 0.2) is 24.3 Å². The summed E-state index contributed by atoms with van der Waals surface area (Å²) in [6.07, 6.45) is 5.99. The van der Waals surface area contributed by atoms with E-state index in [1.807, 2.05) is 5.01 Å². The van der Waals surface area contributed by atoms with Crippen molar-refractivity contribution in [1.82, 2.24) is 10.0 Å². The van der Waals surface area contributed by atoms with Crippen molar-refractivity contribution in [2.45, 2.75) is 45.1 Å². The first-order chi connectivity index (χ1) is 9.74. The summed E-state index contributed by atoms with van der Waals surface area (Å²) in [5.41, 5.74) is 1.07. The van der Waals surface area contributed by atoms with E-state index < -0.39 is 0 Å². The van der Waals surface area contributed by atoms with Gasteiger partial charge in [-0.3, -0.25) is 9.59 Å². The van der Waals surface area contributed by atoms with E-state index in [0.717, 1.165) is 13.0 Å². The molecule has 0 saturated carbocycles. The first-order valence-corrected chi connectivity index (χ1v) is 7.48. The molecule has 20 heavy (non-hydrogen) atoms. The fourth-order valence-electron chi connectivity index (χ4n) is 2.87. The van der Waals surface area contributed by atoms with Crippen LogP contribution in [-0.4, -0.2) is 34.4 Å². The average Bonchev–Trinajstić information content (AvgIpc) is 3.17. The summed E-state index contributed by atoms with van der Waals surface area (Å²) in [6.45, 7) is 3.03. The number of carbonyl (C=O) groups is 2. The Morgan fingerprint density at radius 3 is 2.30 bits per heavy atom. The van der Waals surface area contributed by atoms with Gasteiger partial charge in [0.15, 0.2) is 0 Å². The topological polar surface area (TPSA) is 40.4 Å². The van der Waals surface area contributed by atoms with Crippen molar-refractivity contribution in [3.8, 4) is 0 Å². The first-order valence-electron chi connectivity index (χ1n) is 7.48. The molecule has 0 radical (unpaired) electrons. The fraction of sp³-hybridized carbons (Fsp3) is 0.500. The van der Waals surface area contributed by atoms with Crippen LogP contribution < -0.4 is 0 Å². The van der Waals surface area contributed by atoms with E-state index in [1.165, 1.54) is 30.7 Å². The number of hydrazine groups is 1. The lowest BCUT2D eigenvalue weighted by Gasteiger charge is -2.15. The van der Waals surface area contributed by atoms with Crippen LogP contribution in [0, 0.1) is 0 Å². The minimum Gasteiger partial charge on any atom is -0.267 e. The normalized spacial score (nSPS) is 24.1. The van der Waals surface area contributed by atoms with Gasteiger partial charge < -0.3 is 0 Å². The van der Waals surface area contributed by atoms with Crippen molar-refractivity contribution in [2.24, 2.45) is 0 Å². The Kier molecular flexibility index (Phi) is 3.57. The summed E-state index contributed by atoms with van der Waals surface area (Å²) in [6, 6.07) is 7.44. The molecule has 2 unspecified atom stereocenters. The molecule has 0 bridgehead atoms. The van der Waals surface area contributed by atoms with Gasteiger partial charge in [0.25, 0.3) is 11.8 Å². The van der Waals surface area contributed by atoms with Crippen LogP contribution in [0.5, 0.6) is 0 Å². The first kappa shape index (κ1) is 13.3. The van der Waals surface area contributed by atoms with Gasteiger partial charge >= 0.3 is 0 Å². The van der Waals surface area contributed by atoms with Crippen LogP contribution in [0.1, 0.15) is 59.7 Å². The molecule has 0 spiro atoms. The molecular formula is C16H20N2O2. The van der Waals surface area contributed by atoms with Crippen molar-refractivity contribution in [3.05, 3.63) is 35.4 Å². The number of unbranched alkanes of at least 4 members (excludes halogenated alkanes) is 3. The van der Waals surface area contributed by atoms with Gasteiger partial charge in [0.1, 0.15) is 0 Å². The number of fused-ring (bicyclic) bond motifs is 1.